The summed E-state index contributed by atoms with van der Waals surface area (Å²) in [6.45, 7) is 2.81. The summed E-state index contributed by atoms with van der Waals surface area (Å²) < 4.78 is 5.41. The van der Waals surface area contributed by atoms with Gasteiger partial charge in [-0.05, 0) is 35.7 Å². The first-order valence-corrected chi connectivity index (χ1v) is 9.17. The van der Waals surface area contributed by atoms with E-state index in [0.29, 0.717) is 5.82 Å². The molecule has 0 aliphatic carbocycles. The number of nitrogens with one attached hydrogen (secondary N) is 1. The molecule has 0 saturated heterocycles. The highest BCUT2D eigenvalue weighted by Crippen LogP contribution is 2.30. The molecule has 4 rings (SSSR count). The van der Waals surface area contributed by atoms with Gasteiger partial charge in [0.1, 0.15) is 17.4 Å². The quantitative estimate of drug-likeness (QED) is 0.721. The van der Waals surface area contributed by atoms with Crippen molar-refractivity contribution < 1.29 is 4.74 Å². The van der Waals surface area contributed by atoms with Gasteiger partial charge in [0, 0.05) is 25.2 Å². The molecule has 27 heavy (non-hydrogen) atoms. The number of nitrogens with two attached hydrogens (primary N) is 1. The van der Waals surface area contributed by atoms with Gasteiger partial charge in [-0.25, -0.2) is 4.98 Å². The molecule has 2 aromatic carbocycles. The van der Waals surface area contributed by atoms with Crippen molar-refractivity contribution >= 4 is 17.3 Å². The zero-order chi connectivity index (χ0) is 18.6. The highest BCUT2D eigenvalue weighted by atomic mass is 16.5. The number of ether oxygens (including phenoxy) is 1. The van der Waals surface area contributed by atoms with Crippen molar-refractivity contribution in [3.8, 4) is 5.75 Å². The first kappa shape index (κ1) is 17.4. The third-order valence-electron chi connectivity index (χ3n) is 4.94. The van der Waals surface area contributed by atoms with E-state index in [0.717, 1.165) is 43.3 Å². The van der Waals surface area contributed by atoms with Crippen LogP contribution in [0, 0.1) is 0 Å². The van der Waals surface area contributed by atoms with E-state index in [-0.39, 0.29) is 0 Å². The Labute approximate surface area is 159 Å². The van der Waals surface area contributed by atoms with Crippen LogP contribution in [0.5, 0.6) is 5.75 Å². The third-order valence-corrected chi connectivity index (χ3v) is 4.94. The lowest BCUT2D eigenvalue weighted by molar-refractivity contribution is 0.245. The molecule has 1 aliphatic heterocycles. The molecule has 0 radical (unpaired) electrons. The van der Waals surface area contributed by atoms with Crippen molar-refractivity contribution in [3.63, 3.8) is 0 Å². The molecule has 138 valence electrons. The summed E-state index contributed by atoms with van der Waals surface area (Å²) in [7, 11) is 1.66. The number of benzene rings is 2. The van der Waals surface area contributed by atoms with Crippen molar-refractivity contribution in [3.05, 3.63) is 77.4 Å². The molecular formula is C22H24N4O. The van der Waals surface area contributed by atoms with Crippen LogP contribution in [0.25, 0.3) is 0 Å². The van der Waals surface area contributed by atoms with Crippen molar-refractivity contribution in [2.45, 2.75) is 19.5 Å². The molecule has 2 heterocycles. The van der Waals surface area contributed by atoms with Gasteiger partial charge in [-0.3, -0.25) is 4.90 Å². The van der Waals surface area contributed by atoms with Crippen molar-refractivity contribution in [1.29, 1.82) is 0 Å². The number of rotatable bonds is 5. The second-order valence-corrected chi connectivity index (χ2v) is 6.80. The van der Waals surface area contributed by atoms with Gasteiger partial charge in [0.15, 0.2) is 0 Å². The fourth-order valence-corrected chi connectivity index (χ4v) is 3.59. The summed E-state index contributed by atoms with van der Waals surface area (Å²) in [5, 5.41) is 3.34. The number of para-hydroxylation sites is 2. The number of nitrogen functional groups attached to an aromatic ring is 1. The number of fused-ring (bicyclic) bond motifs is 1. The molecule has 1 aromatic heterocycles. The Morgan fingerprint density at radius 2 is 1.89 bits per heavy atom. The summed E-state index contributed by atoms with van der Waals surface area (Å²) in [5.74, 6) is 2.14. The van der Waals surface area contributed by atoms with Crippen LogP contribution in [-0.2, 0) is 19.5 Å². The van der Waals surface area contributed by atoms with Gasteiger partial charge in [-0.15, -0.1) is 0 Å². The minimum atomic E-state index is 0.615. The first-order chi connectivity index (χ1) is 13.2. The largest absolute Gasteiger partial charge is 0.495 e. The zero-order valence-corrected chi connectivity index (χ0v) is 15.5. The van der Waals surface area contributed by atoms with Crippen LogP contribution in [0.2, 0.25) is 0 Å². The fraction of sp³-hybridized carbons (Fsp3) is 0.227. The average molecular weight is 360 g/mol. The number of hydrogen-bond acceptors (Lipinski definition) is 5. The predicted octanol–water partition coefficient (Wildman–Crippen LogP) is 3.97. The highest BCUT2D eigenvalue weighted by Gasteiger charge is 2.20. The standard InChI is InChI=1S/C22H24N4O/c1-27-20-10-6-5-9-19(20)24-21-13-17-15-26(12-11-18(17)22(23)25-21)14-16-7-3-2-4-8-16/h2-10,13H,11-12,14-15H2,1H3,(H3,23,24,25). The molecule has 5 nitrogen and oxygen atoms in total. The number of aromatic nitrogens is 1. The Balaban J connectivity index is 1.56. The summed E-state index contributed by atoms with van der Waals surface area (Å²) in [4.78, 5) is 7.01. The van der Waals surface area contributed by atoms with E-state index < -0.39 is 0 Å². The molecule has 0 bridgehead atoms. The number of methoxy groups -OCH3 is 1. The zero-order valence-electron chi connectivity index (χ0n) is 15.5. The molecule has 3 N–H and O–H groups in total. The van der Waals surface area contributed by atoms with Gasteiger partial charge in [0.25, 0.3) is 0 Å². The number of anilines is 3. The lowest BCUT2D eigenvalue weighted by Crippen LogP contribution is -2.31. The second-order valence-electron chi connectivity index (χ2n) is 6.80. The maximum atomic E-state index is 6.26. The maximum Gasteiger partial charge on any atom is 0.142 e. The highest BCUT2D eigenvalue weighted by molar-refractivity contribution is 5.66. The topological polar surface area (TPSA) is 63.4 Å². The Kier molecular flexibility index (Phi) is 4.94. The molecule has 0 spiro atoms. The van der Waals surface area contributed by atoms with Gasteiger partial charge in [0.05, 0.1) is 12.8 Å². The van der Waals surface area contributed by atoms with Crippen LogP contribution in [0.4, 0.5) is 17.3 Å². The van der Waals surface area contributed by atoms with Crippen molar-refractivity contribution in [2.75, 3.05) is 24.7 Å². The summed E-state index contributed by atoms with van der Waals surface area (Å²) >= 11 is 0. The van der Waals surface area contributed by atoms with Crippen molar-refractivity contribution in [1.82, 2.24) is 9.88 Å². The molecule has 1 aliphatic rings. The fourth-order valence-electron chi connectivity index (χ4n) is 3.59. The normalized spacial score (nSPS) is 13.8. The molecule has 0 saturated carbocycles. The molecule has 5 heteroatoms. The van der Waals surface area contributed by atoms with Gasteiger partial charge >= 0.3 is 0 Å². The van der Waals surface area contributed by atoms with E-state index >= 15 is 0 Å². The van der Waals surface area contributed by atoms with E-state index in [2.05, 4.69) is 51.6 Å². The number of pyridine rings is 1. The molecule has 0 atom stereocenters. The minimum Gasteiger partial charge on any atom is -0.495 e. The van der Waals surface area contributed by atoms with Crippen molar-refractivity contribution in [2.24, 2.45) is 0 Å². The van der Waals surface area contributed by atoms with Crippen LogP contribution in [0.15, 0.2) is 60.7 Å². The molecule has 0 unspecified atom stereocenters. The van der Waals surface area contributed by atoms with Gasteiger partial charge in [-0.2, -0.15) is 0 Å². The Hall–Kier alpha value is -3.05. The molecule has 3 aromatic rings. The monoisotopic (exact) mass is 360 g/mol. The summed E-state index contributed by atoms with van der Waals surface area (Å²) in [6.07, 6.45) is 0.927. The summed E-state index contributed by atoms with van der Waals surface area (Å²) in [5.41, 5.74) is 10.9. The van der Waals surface area contributed by atoms with Crippen LogP contribution in [-0.4, -0.2) is 23.5 Å². The van der Waals surface area contributed by atoms with Gasteiger partial charge < -0.3 is 15.8 Å². The van der Waals surface area contributed by atoms with Crippen LogP contribution in [0.3, 0.4) is 0 Å². The molecule has 0 fully saturated rings. The first-order valence-electron chi connectivity index (χ1n) is 9.17. The number of nitrogens with zero attached hydrogens (tertiary/aromatic N) is 2. The smallest absolute Gasteiger partial charge is 0.142 e. The van der Waals surface area contributed by atoms with Gasteiger partial charge in [-0.1, -0.05) is 42.5 Å². The minimum absolute atomic E-state index is 0.615. The van der Waals surface area contributed by atoms with Crippen LogP contribution in [0.1, 0.15) is 16.7 Å². The Bertz CT molecular complexity index is 927. The average Bonchev–Trinajstić information content (AvgIpc) is 2.69. The lowest BCUT2D eigenvalue weighted by atomic mass is 10.00. The predicted molar refractivity (Wildman–Crippen MR) is 109 cm³/mol. The maximum absolute atomic E-state index is 6.26. The van der Waals surface area contributed by atoms with E-state index in [9.17, 15) is 0 Å². The lowest BCUT2D eigenvalue weighted by Gasteiger charge is -2.29. The Morgan fingerprint density at radius 3 is 2.70 bits per heavy atom. The van der Waals surface area contributed by atoms with E-state index in [1.54, 1.807) is 7.11 Å². The second kappa shape index (κ2) is 7.68. The van der Waals surface area contributed by atoms with Gasteiger partial charge in [0.2, 0.25) is 0 Å². The molecular weight excluding hydrogens is 336 g/mol. The van der Waals surface area contributed by atoms with Crippen LogP contribution >= 0.6 is 0 Å². The third kappa shape index (κ3) is 3.88. The van der Waals surface area contributed by atoms with E-state index in [4.69, 9.17) is 10.5 Å². The molecule has 0 amide bonds. The van der Waals surface area contributed by atoms with Crippen LogP contribution < -0.4 is 15.8 Å². The van der Waals surface area contributed by atoms with E-state index in [1.807, 2.05) is 24.3 Å². The Morgan fingerprint density at radius 1 is 1.11 bits per heavy atom. The number of hydrogen-bond donors (Lipinski definition) is 2. The summed E-state index contributed by atoms with van der Waals surface area (Å²) in [6, 6.07) is 20.5. The van der Waals surface area contributed by atoms with E-state index in [1.165, 1.54) is 16.7 Å². The SMILES string of the molecule is COc1ccccc1Nc1cc2c(c(N)n1)CCN(Cc1ccccc1)C2.